The van der Waals surface area contributed by atoms with Gasteiger partial charge in [0.15, 0.2) is 0 Å². The first kappa shape index (κ1) is 14.2. The van der Waals surface area contributed by atoms with Crippen molar-refractivity contribution in [1.29, 1.82) is 0 Å². The second-order valence-electron chi connectivity index (χ2n) is 4.57. The fraction of sp³-hybridized carbons (Fsp3) is 0.286. The number of hydrogen-bond donors (Lipinski definition) is 2. The zero-order valence-electron chi connectivity index (χ0n) is 11.2. The standard InChI is InChI=1S/C14H17FN4O/c1-11(9-19-7-6-16-10-19)17-8-14(20)18-13-5-3-2-4-12(13)15/h2-7,10-11,17H,8-9H2,1H3,(H,18,20). The topological polar surface area (TPSA) is 59.0 Å². The molecule has 0 fully saturated rings. The first-order valence-corrected chi connectivity index (χ1v) is 6.38. The van der Waals surface area contributed by atoms with E-state index in [0.717, 1.165) is 0 Å². The predicted octanol–water partition coefficient (Wildman–Crippen LogP) is 1.64. The van der Waals surface area contributed by atoms with Crippen molar-refractivity contribution in [1.82, 2.24) is 14.9 Å². The molecule has 1 amide bonds. The smallest absolute Gasteiger partial charge is 0.238 e. The molecule has 2 N–H and O–H groups in total. The summed E-state index contributed by atoms with van der Waals surface area (Å²) in [6, 6.07) is 6.20. The molecule has 1 heterocycles. The van der Waals surface area contributed by atoms with E-state index < -0.39 is 5.82 Å². The molecule has 0 radical (unpaired) electrons. The monoisotopic (exact) mass is 276 g/mol. The number of rotatable bonds is 6. The summed E-state index contributed by atoms with van der Waals surface area (Å²) in [5.41, 5.74) is 0.196. The summed E-state index contributed by atoms with van der Waals surface area (Å²) in [5, 5.41) is 5.61. The molecular weight excluding hydrogens is 259 g/mol. The zero-order chi connectivity index (χ0) is 14.4. The number of hydrogen-bond acceptors (Lipinski definition) is 3. The summed E-state index contributed by atoms with van der Waals surface area (Å²) >= 11 is 0. The number of imidazole rings is 1. The molecule has 0 aliphatic rings. The van der Waals surface area contributed by atoms with Gasteiger partial charge in [-0.2, -0.15) is 0 Å². The van der Waals surface area contributed by atoms with E-state index in [1.165, 1.54) is 12.1 Å². The lowest BCUT2D eigenvalue weighted by atomic mass is 10.3. The van der Waals surface area contributed by atoms with Crippen LogP contribution < -0.4 is 10.6 Å². The fourth-order valence-electron chi connectivity index (χ4n) is 1.80. The summed E-state index contributed by atoms with van der Waals surface area (Å²) < 4.78 is 15.3. The fourth-order valence-corrected chi connectivity index (χ4v) is 1.80. The van der Waals surface area contributed by atoms with E-state index in [9.17, 15) is 9.18 Å². The van der Waals surface area contributed by atoms with Crippen molar-refractivity contribution in [3.8, 4) is 0 Å². The maximum Gasteiger partial charge on any atom is 0.238 e. The summed E-state index contributed by atoms with van der Waals surface area (Å²) in [6.07, 6.45) is 5.28. The normalized spacial score (nSPS) is 12.1. The van der Waals surface area contributed by atoms with Crippen molar-refractivity contribution >= 4 is 11.6 Å². The highest BCUT2D eigenvalue weighted by Crippen LogP contribution is 2.11. The number of para-hydroxylation sites is 1. The summed E-state index contributed by atoms with van der Waals surface area (Å²) in [6.45, 7) is 2.81. The van der Waals surface area contributed by atoms with Gasteiger partial charge in [0, 0.05) is 25.0 Å². The minimum atomic E-state index is -0.438. The van der Waals surface area contributed by atoms with Gasteiger partial charge in [0.1, 0.15) is 5.82 Å². The Bertz CT molecular complexity index is 556. The molecule has 2 aromatic rings. The molecule has 1 aromatic heterocycles. The van der Waals surface area contributed by atoms with Gasteiger partial charge in [-0.3, -0.25) is 4.79 Å². The third-order valence-corrected chi connectivity index (χ3v) is 2.80. The van der Waals surface area contributed by atoms with E-state index in [1.807, 2.05) is 17.7 Å². The van der Waals surface area contributed by atoms with Crippen LogP contribution in [0.15, 0.2) is 43.0 Å². The van der Waals surface area contributed by atoms with Crippen LogP contribution in [0.2, 0.25) is 0 Å². The highest BCUT2D eigenvalue weighted by molar-refractivity contribution is 5.92. The van der Waals surface area contributed by atoms with Gasteiger partial charge in [0.05, 0.1) is 18.6 Å². The Kier molecular flexibility index (Phi) is 4.84. The van der Waals surface area contributed by atoms with E-state index in [4.69, 9.17) is 0 Å². The number of amides is 1. The largest absolute Gasteiger partial charge is 0.336 e. The van der Waals surface area contributed by atoms with Crippen LogP contribution in [0.5, 0.6) is 0 Å². The number of carbonyl (C=O) groups is 1. The molecule has 5 nitrogen and oxygen atoms in total. The van der Waals surface area contributed by atoms with Crippen LogP contribution in [0.25, 0.3) is 0 Å². The Balaban J connectivity index is 1.76. The first-order valence-electron chi connectivity index (χ1n) is 6.38. The second kappa shape index (κ2) is 6.81. The minimum Gasteiger partial charge on any atom is -0.336 e. The van der Waals surface area contributed by atoms with E-state index in [0.29, 0.717) is 6.54 Å². The Morgan fingerprint density at radius 2 is 2.25 bits per heavy atom. The zero-order valence-corrected chi connectivity index (χ0v) is 11.2. The predicted molar refractivity (Wildman–Crippen MR) is 74.7 cm³/mol. The van der Waals surface area contributed by atoms with Gasteiger partial charge in [-0.15, -0.1) is 0 Å². The van der Waals surface area contributed by atoms with Gasteiger partial charge >= 0.3 is 0 Å². The quantitative estimate of drug-likeness (QED) is 0.843. The van der Waals surface area contributed by atoms with Gasteiger partial charge in [-0.25, -0.2) is 9.37 Å². The van der Waals surface area contributed by atoms with Gasteiger partial charge in [0.2, 0.25) is 5.91 Å². The molecule has 0 aliphatic heterocycles. The van der Waals surface area contributed by atoms with Crippen molar-refractivity contribution in [3.63, 3.8) is 0 Å². The van der Waals surface area contributed by atoms with Crippen molar-refractivity contribution < 1.29 is 9.18 Å². The second-order valence-corrected chi connectivity index (χ2v) is 4.57. The lowest BCUT2D eigenvalue weighted by Gasteiger charge is -2.14. The highest BCUT2D eigenvalue weighted by Gasteiger charge is 2.08. The molecule has 0 bridgehead atoms. The van der Waals surface area contributed by atoms with Crippen LogP contribution >= 0.6 is 0 Å². The number of benzene rings is 1. The van der Waals surface area contributed by atoms with Crippen molar-refractivity contribution in [2.24, 2.45) is 0 Å². The third kappa shape index (κ3) is 4.17. The number of anilines is 1. The Hall–Kier alpha value is -2.21. The van der Waals surface area contributed by atoms with Gasteiger partial charge in [-0.1, -0.05) is 12.1 Å². The Morgan fingerprint density at radius 1 is 1.45 bits per heavy atom. The van der Waals surface area contributed by atoms with E-state index in [-0.39, 0.29) is 24.2 Å². The van der Waals surface area contributed by atoms with Crippen molar-refractivity contribution in [2.75, 3.05) is 11.9 Å². The van der Waals surface area contributed by atoms with Crippen molar-refractivity contribution in [3.05, 3.63) is 48.8 Å². The van der Waals surface area contributed by atoms with Gasteiger partial charge in [0.25, 0.3) is 0 Å². The number of nitrogens with zero attached hydrogens (tertiary/aromatic N) is 2. The van der Waals surface area contributed by atoms with E-state index in [1.54, 1.807) is 24.7 Å². The molecule has 20 heavy (non-hydrogen) atoms. The summed E-state index contributed by atoms with van der Waals surface area (Å²) in [7, 11) is 0. The molecule has 1 atom stereocenters. The maximum absolute atomic E-state index is 13.4. The van der Waals surface area contributed by atoms with Crippen molar-refractivity contribution in [2.45, 2.75) is 19.5 Å². The van der Waals surface area contributed by atoms with Gasteiger partial charge in [-0.05, 0) is 19.1 Å². The van der Waals surface area contributed by atoms with Crippen LogP contribution in [-0.4, -0.2) is 28.0 Å². The number of aromatic nitrogens is 2. The molecule has 1 unspecified atom stereocenters. The number of carbonyl (C=O) groups excluding carboxylic acids is 1. The summed E-state index contributed by atoms with van der Waals surface area (Å²) in [5.74, 6) is -0.708. The van der Waals surface area contributed by atoms with Crippen LogP contribution in [0.1, 0.15) is 6.92 Å². The molecule has 2 rings (SSSR count). The molecule has 0 spiro atoms. The first-order chi connectivity index (χ1) is 9.65. The Morgan fingerprint density at radius 3 is 2.95 bits per heavy atom. The van der Waals surface area contributed by atoms with Crippen LogP contribution in [0.3, 0.4) is 0 Å². The lowest BCUT2D eigenvalue weighted by Crippen LogP contribution is -2.36. The SMILES string of the molecule is CC(Cn1ccnc1)NCC(=O)Nc1ccccc1F. The lowest BCUT2D eigenvalue weighted by molar-refractivity contribution is -0.115. The van der Waals surface area contributed by atoms with E-state index >= 15 is 0 Å². The van der Waals surface area contributed by atoms with E-state index in [2.05, 4.69) is 15.6 Å². The van der Waals surface area contributed by atoms with Gasteiger partial charge < -0.3 is 15.2 Å². The molecule has 106 valence electrons. The molecule has 1 aromatic carbocycles. The number of nitrogens with one attached hydrogen (secondary N) is 2. The molecule has 0 aliphatic carbocycles. The number of halogens is 1. The maximum atomic E-state index is 13.4. The molecule has 6 heteroatoms. The van der Waals surface area contributed by atoms with Crippen LogP contribution in [0.4, 0.5) is 10.1 Å². The van der Waals surface area contributed by atoms with Crippen LogP contribution in [0, 0.1) is 5.82 Å². The summed E-state index contributed by atoms with van der Waals surface area (Å²) in [4.78, 5) is 15.7. The molecular formula is C14H17FN4O. The molecule has 0 saturated heterocycles. The average Bonchev–Trinajstić information content (AvgIpc) is 2.92. The average molecular weight is 276 g/mol. The van der Waals surface area contributed by atoms with Crippen LogP contribution in [-0.2, 0) is 11.3 Å². The minimum absolute atomic E-state index is 0.107. The Labute approximate surface area is 116 Å². The highest BCUT2D eigenvalue weighted by atomic mass is 19.1. The third-order valence-electron chi connectivity index (χ3n) is 2.80. The molecule has 0 saturated carbocycles.